The first-order valence-electron chi connectivity index (χ1n) is 6.58. The van der Waals surface area contributed by atoms with E-state index in [1.54, 1.807) is 6.33 Å². The van der Waals surface area contributed by atoms with Gasteiger partial charge in [0, 0.05) is 18.8 Å². The van der Waals surface area contributed by atoms with Gasteiger partial charge in [-0.1, -0.05) is 19.1 Å². The lowest BCUT2D eigenvalue weighted by Gasteiger charge is -2.16. The van der Waals surface area contributed by atoms with Crippen LogP contribution in [-0.4, -0.2) is 26.7 Å². The molecule has 0 atom stereocenters. The second-order valence-electron chi connectivity index (χ2n) is 4.81. The molecule has 19 heavy (non-hydrogen) atoms. The molecular weight excluding hydrogens is 238 g/mol. The van der Waals surface area contributed by atoms with Gasteiger partial charge >= 0.3 is 0 Å². The van der Waals surface area contributed by atoms with Gasteiger partial charge in [-0.05, 0) is 31.2 Å². The molecule has 0 amide bonds. The maximum absolute atomic E-state index is 5.69. The number of benzene rings is 1. The second-order valence-corrected chi connectivity index (χ2v) is 4.81. The number of hydrogen-bond donors (Lipinski definition) is 1. The SMILES string of the molecule is CCCn1ncnc1CN(C)Cc1ccc(N)cc1. The van der Waals surface area contributed by atoms with Crippen LogP contribution < -0.4 is 5.73 Å². The van der Waals surface area contributed by atoms with E-state index >= 15 is 0 Å². The molecule has 0 fully saturated rings. The minimum absolute atomic E-state index is 0.796. The van der Waals surface area contributed by atoms with Crippen molar-refractivity contribution in [2.75, 3.05) is 12.8 Å². The molecule has 0 saturated heterocycles. The quantitative estimate of drug-likeness (QED) is 0.805. The Labute approximate surface area is 114 Å². The van der Waals surface area contributed by atoms with E-state index in [1.165, 1.54) is 5.56 Å². The van der Waals surface area contributed by atoms with Crippen molar-refractivity contribution in [2.45, 2.75) is 33.0 Å². The van der Waals surface area contributed by atoms with Crippen molar-refractivity contribution in [3.05, 3.63) is 42.0 Å². The first kappa shape index (κ1) is 13.5. The third-order valence-electron chi connectivity index (χ3n) is 2.97. The van der Waals surface area contributed by atoms with E-state index in [1.807, 2.05) is 16.8 Å². The Morgan fingerprint density at radius 3 is 2.63 bits per heavy atom. The van der Waals surface area contributed by atoms with Gasteiger partial charge in [-0.25, -0.2) is 9.67 Å². The van der Waals surface area contributed by atoms with E-state index in [9.17, 15) is 0 Å². The molecule has 0 radical (unpaired) electrons. The summed E-state index contributed by atoms with van der Waals surface area (Å²) in [5, 5.41) is 4.24. The molecule has 2 N–H and O–H groups in total. The number of hydrogen-bond acceptors (Lipinski definition) is 4. The van der Waals surface area contributed by atoms with Crippen LogP contribution in [0.15, 0.2) is 30.6 Å². The van der Waals surface area contributed by atoms with Crippen molar-refractivity contribution < 1.29 is 0 Å². The molecule has 5 nitrogen and oxygen atoms in total. The molecule has 2 rings (SSSR count). The van der Waals surface area contributed by atoms with E-state index in [0.29, 0.717) is 0 Å². The predicted molar refractivity (Wildman–Crippen MR) is 76.3 cm³/mol. The van der Waals surface area contributed by atoms with Gasteiger partial charge in [0.2, 0.25) is 0 Å². The molecule has 1 aromatic carbocycles. The van der Waals surface area contributed by atoms with Gasteiger partial charge in [0.05, 0.1) is 6.54 Å². The van der Waals surface area contributed by atoms with Crippen molar-refractivity contribution >= 4 is 5.69 Å². The van der Waals surface area contributed by atoms with Crippen LogP contribution in [0.5, 0.6) is 0 Å². The predicted octanol–water partition coefficient (Wildman–Crippen LogP) is 1.90. The van der Waals surface area contributed by atoms with Crippen LogP contribution in [0.4, 0.5) is 5.69 Å². The van der Waals surface area contributed by atoms with Gasteiger partial charge in [-0.3, -0.25) is 4.90 Å². The Balaban J connectivity index is 1.95. The number of anilines is 1. The molecule has 0 spiro atoms. The summed E-state index contributed by atoms with van der Waals surface area (Å²) in [6, 6.07) is 7.98. The molecule has 102 valence electrons. The summed E-state index contributed by atoms with van der Waals surface area (Å²) in [5.41, 5.74) is 7.73. The topological polar surface area (TPSA) is 60.0 Å². The molecule has 2 aromatic rings. The lowest BCUT2D eigenvalue weighted by atomic mass is 10.2. The van der Waals surface area contributed by atoms with Crippen LogP contribution in [-0.2, 0) is 19.6 Å². The van der Waals surface area contributed by atoms with E-state index in [-0.39, 0.29) is 0 Å². The number of nitrogen functional groups attached to an aromatic ring is 1. The van der Waals surface area contributed by atoms with E-state index in [4.69, 9.17) is 5.73 Å². The molecule has 0 aliphatic rings. The third kappa shape index (κ3) is 3.79. The minimum Gasteiger partial charge on any atom is -0.399 e. The van der Waals surface area contributed by atoms with Crippen LogP contribution in [0.1, 0.15) is 24.7 Å². The van der Waals surface area contributed by atoms with Crippen LogP contribution in [0.2, 0.25) is 0 Å². The maximum Gasteiger partial charge on any atom is 0.141 e. The average molecular weight is 259 g/mol. The summed E-state index contributed by atoms with van der Waals surface area (Å²) in [6.45, 7) is 4.73. The molecular formula is C14H21N5. The highest BCUT2D eigenvalue weighted by molar-refractivity contribution is 5.39. The Morgan fingerprint density at radius 1 is 1.21 bits per heavy atom. The standard InChI is InChI=1S/C14H21N5/c1-3-8-19-14(16-11-17-19)10-18(2)9-12-4-6-13(15)7-5-12/h4-7,11H,3,8-10,15H2,1-2H3. The van der Waals surface area contributed by atoms with Gasteiger partial charge in [0.25, 0.3) is 0 Å². The summed E-state index contributed by atoms with van der Waals surface area (Å²) < 4.78 is 1.97. The molecule has 0 bridgehead atoms. The number of aryl methyl sites for hydroxylation is 1. The third-order valence-corrected chi connectivity index (χ3v) is 2.97. The molecule has 5 heteroatoms. The second kappa shape index (κ2) is 6.33. The molecule has 0 unspecified atom stereocenters. The highest BCUT2D eigenvalue weighted by Gasteiger charge is 2.07. The van der Waals surface area contributed by atoms with Crippen molar-refractivity contribution in [3.8, 4) is 0 Å². The lowest BCUT2D eigenvalue weighted by molar-refractivity contribution is 0.302. The van der Waals surface area contributed by atoms with Gasteiger partial charge in [-0.15, -0.1) is 0 Å². The Morgan fingerprint density at radius 2 is 1.95 bits per heavy atom. The summed E-state index contributed by atoms with van der Waals surface area (Å²) in [6.07, 6.45) is 2.69. The van der Waals surface area contributed by atoms with Gasteiger partial charge in [0.15, 0.2) is 0 Å². The monoisotopic (exact) mass is 259 g/mol. The molecule has 0 aliphatic carbocycles. The van der Waals surface area contributed by atoms with Crippen LogP contribution >= 0.6 is 0 Å². The summed E-state index contributed by atoms with van der Waals surface area (Å²) in [4.78, 5) is 6.54. The zero-order valence-electron chi connectivity index (χ0n) is 11.6. The van der Waals surface area contributed by atoms with Gasteiger partial charge < -0.3 is 5.73 Å². The highest BCUT2D eigenvalue weighted by Crippen LogP contribution is 2.09. The van der Waals surface area contributed by atoms with E-state index < -0.39 is 0 Å². The normalized spacial score (nSPS) is 11.1. The zero-order valence-corrected chi connectivity index (χ0v) is 11.6. The zero-order chi connectivity index (χ0) is 13.7. The number of nitrogens with two attached hydrogens (primary N) is 1. The fourth-order valence-electron chi connectivity index (χ4n) is 2.04. The Hall–Kier alpha value is -1.88. The maximum atomic E-state index is 5.69. The summed E-state index contributed by atoms with van der Waals surface area (Å²) in [5.74, 6) is 1.01. The fourth-order valence-corrected chi connectivity index (χ4v) is 2.04. The van der Waals surface area contributed by atoms with Crippen LogP contribution in [0, 0.1) is 0 Å². The summed E-state index contributed by atoms with van der Waals surface area (Å²) in [7, 11) is 2.08. The molecule has 1 aromatic heterocycles. The van der Waals surface area contributed by atoms with Crippen molar-refractivity contribution in [1.29, 1.82) is 0 Å². The van der Waals surface area contributed by atoms with Crippen LogP contribution in [0.25, 0.3) is 0 Å². The first-order chi connectivity index (χ1) is 9.19. The van der Waals surface area contributed by atoms with E-state index in [2.05, 4.69) is 41.1 Å². The molecule has 1 heterocycles. The Kier molecular flexibility index (Phi) is 4.52. The van der Waals surface area contributed by atoms with Gasteiger partial charge in [-0.2, -0.15) is 5.10 Å². The van der Waals surface area contributed by atoms with Crippen LogP contribution in [0.3, 0.4) is 0 Å². The lowest BCUT2D eigenvalue weighted by Crippen LogP contribution is -2.20. The van der Waals surface area contributed by atoms with Gasteiger partial charge in [0.1, 0.15) is 12.2 Å². The molecule has 0 aliphatic heterocycles. The summed E-state index contributed by atoms with van der Waals surface area (Å²) >= 11 is 0. The fraction of sp³-hybridized carbons (Fsp3) is 0.429. The van der Waals surface area contributed by atoms with E-state index in [0.717, 1.165) is 37.6 Å². The number of aromatic nitrogens is 3. The highest BCUT2D eigenvalue weighted by atomic mass is 15.3. The first-order valence-corrected chi connectivity index (χ1v) is 6.58. The average Bonchev–Trinajstić information content (AvgIpc) is 2.80. The number of nitrogens with zero attached hydrogens (tertiary/aromatic N) is 4. The smallest absolute Gasteiger partial charge is 0.141 e. The number of rotatable bonds is 6. The minimum atomic E-state index is 0.796. The molecule has 0 saturated carbocycles. The Bertz CT molecular complexity index is 503. The largest absolute Gasteiger partial charge is 0.399 e. The van der Waals surface area contributed by atoms with Crippen molar-refractivity contribution in [2.24, 2.45) is 0 Å². The van der Waals surface area contributed by atoms with Crippen molar-refractivity contribution in [1.82, 2.24) is 19.7 Å². The van der Waals surface area contributed by atoms with Crippen molar-refractivity contribution in [3.63, 3.8) is 0 Å².